The van der Waals surface area contributed by atoms with Gasteiger partial charge in [-0.05, 0) is 25.0 Å². The lowest BCUT2D eigenvalue weighted by molar-refractivity contribution is 0.0924. The molecule has 2 atom stereocenters. The fourth-order valence-corrected chi connectivity index (χ4v) is 2.52. The van der Waals surface area contributed by atoms with Crippen LogP contribution < -0.4 is 11.1 Å². The van der Waals surface area contributed by atoms with E-state index in [0.29, 0.717) is 12.8 Å². The number of amides is 1. The number of carbonyl (C=O) groups is 1. The van der Waals surface area contributed by atoms with Crippen LogP contribution in [0.15, 0.2) is 23.4 Å². The van der Waals surface area contributed by atoms with Crippen LogP contribution in [0.2, 0.25) is 0 Å². The molecule has 1 aromatic carbocycles. The molecule has 1 amide bonds. The highest BCUT2D eigenvalue weighted by Crippen LogP contribution is 2.26. The molecule has 0 bridgehead atoms. The molecular formula is C13H15F2N3O2. The summed E-state index contributed by atoms with van der Waals surface area (Å²) >= 11 is 0. The zero-order chi connectivity index (χ0) is 14.7. The van der Waals surface area contributed by atoms with Crippen LogP contribution in [0.3, 0.4) is 0 Å². The van der Waals surface area contributed by atoms with Crippen LogP contribution in [0, 0.1) is 17.6 Å². The van der Waals surface area contributed by atoms with E-state index < -0.39 is 29.1 Å². The topological polar surface area (TPSA) is 87.7 Å². The highest BCUT2D eigenvalue weighted by atomic mass is 19.1. The number of hydrogen-bond acceptors (Lipinski definition) is 3. The summed E-state index contributed by atoms with van der Waals surface area (Å²) in [6, 6.07) is 2.84. The molecule has 0 saturated heterocycles. The molecule has 20 heavy (non-hydrogen) atoms. The molecule has 2 rings (SSSR count). The standard InChI is InChI=1S/C13H15F2N3O2/c14-8-4-2-5-9(15)11(8)13(19)17-10-6-1-3-7(10)12(16)18-20/h2,4-5,7,10,20H,1,3,6H2,(H2,16,18)(H,17,19). The van der Waals surface area contributed by atoms with Gasteiger partial charge in [-0.15, -0.1) is 0 Å². The fourth-order valence-electron chi connectivity index (χ4n) is 2.52. The van der Waals surface area contributed by atoms with Crippen molar-refractivity contribution in [1.29, 1.82) is 0 Å². The first-order valence-electron chi connectivity index (χ1n) is 6.27. The quantitative estimate of drug-likeness (QED) is 0.341. The molecule has 7 heteroatoms. The molecule has 1 aromatic rings. The molecule has 0 spiro atoms. The minimum atomic E-state index is -0.916. The molecule has 0 radical (unpaired) electrons. The van der Waals surface area contributed by atoms with Crippen LogP contribution in [0.1, 0.15) is 29.6 Å². The van der Waals surface area contributed by atoms with Crippen molar-refractivity contribution in [1.82, 2.24) is 5.32 Å². The Hall–Kier alpha value is -2.18. The number of amidine groups is 1. The Labute approximate surface area is 114 Å². The Morgan fingerprint density at radius 1 is 1.35 bits per heavy atom. The van der Waals surface area contributed by atoms with Crippen LogP contribution >= 0.6 is 0 Å². The van der Waals surface area contributed by atoms with Crippen LogP contribution in [-0.4, -0.2) is 23.0 Å². The molecule has 2 unspecified atom stereocenters. The number of carbonyl (C=O) groups excluding carboxylic acids is 1. The van der Waals surface area contributed by atoms with Crippen LogP contribution in [0.5, 0.6) is 0 Å². The fraction of sp³-hybridized carbons (Fsp3) is 0.385. The minimum Gasteiger partial charge on any atom is -0.409 e. The molecule has 1 saturated carbocycles. The largest absolute Gasteiger partial charge is 0.409 e. The van der Waals surface area contributed by atoms with E-state index >= 15 is 0 Å². The number of rotatable bonds is 3. The molecule has 5 nitrogen and oxygen atoms in total. The summed E-state index contributed by atoms with van der Waals surface area (Å²) in [6.45, 7) is 0. The number of hydrogen-bond donors (Lipinski definition) is 3. The molecule has 4 N–H and O–H groups in total. The van der Waals surface area contributed by atoms with E-state index in [0.717, 1.165) is 18.6 Å². The Morgan fingerprint density at radius 3 is 2.60 bits per heavy atom. The molecule has 0 aliphatic heterocycles. The van der Waals surface area contributed by atoms with Crippen molar-refractivity contribution in [3.05, 3.63) is 35.4 Å². The maximum atomic E-state index is 13.5. The summed E-state index contributed by atoms with van der Waals surface area (Å²) in [5, 5.41) is 14.2. The van der Waals surface area contributed by atoms with Crippen molar-refractivity contribution >= 4 is 11.7 Å². The number of halogens is 2. The monoisotopic (exact) mass is 283 g/mol. The van der Waals surface area contributed by atoms with Gasteiger partial charge >= 0.3 is 0 Å². The second-order valence-corrected chi connectivity index (χ2v) is 4.74. The first-order valence-corrected chi connectivity index (χ1v) is 6.27. The zero-order valence-electron chi connectivity index (χ0n) is 10.6. The third-order valence-corrected chi connectivity index (χ3v) is 3.52. The molecular weight excluding hydrogens is 268 g/mol. The first-order chi connectivity index (χ1) is 9.54. The predicted molar refractivity (Wildman–Crippen MR) is 68.4 cm³/mol. The molecule has 1 aliphatic rings. The second kappa shape index (κ2) is 5.85. The lowest BCUT2D eigenvalue weighted by Crippen LogP contribution is -2.42. The molecule has 0 heterocycles. The maximum Gasteiger partial charge on any atom is 0.257 e. The van der Waals surface area contributed by atoms with Gasteiger partial charge in [-0.2, -0.15) is 0 Å². The highest BCUT2D eigenvalue weighted by Gasteiger charge is 2.32. The van der Waals surface area contributed by atoms with E-state index in [1.165, 1.54) is 6.07 Å². The SMILES string of the molecule is NC(=NO)C1CCCC1NC(=O)c1c(F)cccc1F. The van der Waals surface area contributed by atoms with Crippen molar-refractivity contribution in [3.8, 4) is 0 Å². The average molecular weight is 283 g/mol. The van der Waals surface area contributed by atoms with Crippen molar-refractivity contribution in [2.45, 2.75) is 25.3 Å². The molecule has 108 valence electrons. The van der Waals surface area contributed by atoms with Crippen molar-refractivity contribution in [2.75, 3.05) is 0 Å². The average Bonchev–Trinajstić information content (AvgIpc) is 2.85. The highest BCUT2D eigenvalue weighted by molar-refractivity contribution is 5.95. The van der Waals surface area contributed by atoms with Crippen LogP contribution in [-0.2, 0) is 0 Å². The Bertz CT molecular complexity index is 528. The third kappa shape index (κ3) is 2.71. The summed E-state index contributed by atoms with van der Waals surface area (Å²) in [5.74, 6) is -2.97. The summed E-state index contributed by atoms with van der Waals surface area (Å²) in [4.78, 5) is 12.0. The van der Waals surface area contributed by atoms with Crippen molar-refractivity contribution in [2.24, 2.45) is 16.8 Å². The summed E-state index contributed by atoms with van der Waals surface area (Å²) < 4.78 is 27.0. The summed E-state index contributed by atoms with van der Waals surface area (Å²) in [6.07, 6.45) is 2.05. The first kappa shape index (κ1) is 14.2. The van der Waals surface area contributed by atoms with Gasteiger partial charge < -0.3 is 16.3 Å². The van der Waals surface area contributed by atoms with E-state index in [1.54, 1.807) is 0 Å². The van der Waals surface area contributed by atoms with E-state index in [2.05, 4.69) is 10.5 Å². The second-order valence-electron chi connectivity index (χ2n) is 4.74. The summed E-state index contributed by atoms with van der Waals surface area (Å²) in [5.41, 5.74) is 4.93. The lowest BCUT2D eigenvalue weighted by Gasteiger charge is -2.20. The van der Waals surface area contributed by atoms with Gasteiger partial charge in [-0.3, -0.25) is 4.79 Å². The molecule has 1 fully saturated rings. The molecule has 0 aromatic heterocycles. The number of nitrogens with two attached hydrogens (primary N) is 1. The lowest BCUT2D eigenvalue weighted by atomic mass is 10.0. The van der Waals surface area contributed by atoms with E-state index in [9.17, 15) is 13.6 Å². The Kier molecular flexibility index (Phi) is 4.16. The smallest absolute Gasteiger partial charge is 0.257 e. The van der Waals surface area contributed by atoms with Crippen LogP contribution in [0.25, 0.3) is 0 Å². The van der Waals surface area contributed by atoms with E-state index in [1.807, 2.05) is 0 Å². The number of nitrogens with one attached hydrogen (secondary N) is 1. The number of nitrogens with zero attached hydrogens (tertiary/aromatic N) is 1. The van der Waals surface area contributed by atoms with Gasteiger partial charge in [-0.1, -0.05) is 17.6 Å². The number of oxime groups is 1. The van der Waals surface area contributed by atoms with Crippen molar-refractivity contribution in [3.63, 3.8) is 0 Å². The Morgan fingerprint density at radius 2 is 2.00 bits per heavy atom. The minimum absolute atomic E-state index is 0.0156. The van der Waals surface area contributed by atoms with Gasteiger partial charge in [0.25, 0.3) is 5.91 Å². The normalized spacial score (nSPS) is 22.8. The number of benzene rings is 1. The maximum absolute atomic E-state index is 13.5. The van der Waals surface area contributed by atoms with Crippen LogP contribution in [0.4, 0.5) is 8.78 Å². The van der Waals surface area contributed by atoms with Crippen molar-refractivity contribution < 1.29 is 18.8 Å². The predicted octanol–water partition coefficient (Wildman–Crippen LogP) is 1.61. The van der Waals surface area contributed by atoms with Gasteiger partial charge in [0.15, 0.2) is 0 Å². The molecule has 1 aliphatic carbocycles. The third-order valence-electron chi connectivity index (χ3n) is 3.52. The van der Waals surface area contributed by atoms with E-state index in [4.69, 9.17) is 10.9 Å². The zero-order valence-corrected chi connectivity index (χ0v) is 10.6. The van der Waals surface area contributed by atoms with Gasteiger partial charge in [0, 0.05) is 12.0 Å². The van der Waals surface area contributed by atoms with Gasteiger partial charge in [0.2, 0.25) is 0 Å². The van der Waals surface area contributed by atoms with Gasteiger partial charge in [0.05, 0.1) is 0 Å². The summed E-state index contributed by atoms with van der Waals surface area (Å²) in [7, 11) is 0. The van der Waals surface area contributed by atoms with Gasteiger partial charge in [-0.25, -0.2) is 8.78 Å². The van der Waals surface area contributed by atoms with E-state index in [-0.39, 0.29) is 11.8 Å². The van der Waals surface area contributed by atoms with Gasteiger partial charge in [0.1, 0.15) is 23.0 Å². The Balaban J connectivity index is 2.16.